The van der Waals surface area contributed by atoms with Crippen LogP contribution in [0.15, 0.2) is 0 Å². The van der Waals surface area contributed by atoms with Crippen molar-refractivity contribution in [3.8, 4) is 0 Å². The quantitative estimate of drug-likeness (QED) is 0.683. The molecule has 0 aromatic rings. The highest BCUT2D eigenvalue weighted by molar-refractivity contribution is 4.81. The third-order valence-corrected chi connectivity index (χ3v) is 5.74. The first-order valence-electron chi connectivity index (χ1n) is 8.99. The molecule has 0 saturated heterocycles. The van der Waals surface area contributed by atoms with Crippen LogP contribution in [0, 0.1) is 17.8 Å². The van der Waals surface area contributed by atoms with Gasteiger partial charge >= 0.3 is 0 Å². The van der Waals surface area contributed by atoms with Crippen molar-refractivity contribution in [1.82, 2.24) is 0 Å². The molecule has 2 rings (SSSR count). The minimum Gasteiger partial charge on any atom is -0.393 e. The number of hydrogen-bond acceptors (Lipinski definition) is 1. The fourth-order valence-electron chi connectivity index (χ4n) is 4.54. The zero-order valence-corrected chi connectivity index (χ0v) is 12.9. The van der Waals surface area contributed by atoms with E-state index in [9.17, 15) is 5.11 Å². The van der Waals surface area contributed by atoms with E-state index in [2.05, 4.69) is 6.92 Å². The van der Waals surface area contributed by atoms with E-state index in [1.165, 1.54) is 77.0 Å². The van der Waals surface area contributed by atoms with E-state index in [0.29, 0.717) is 5.92 Å². The Labute approximate surface area is 120 Å². The first-order chi connectivity index (χ1) is 9.31. The summed E-state index contributed by atoms with van der Waals surface area (Å²) in [5.74, 6) is 2.40. The molecular weight excluding hydrogens is 232 g/mol. The summed E-state index contributed by atoms with van der Waals surface area (Å²) in [6.07, 6.45) is 17.9. The lowest BCUT2D eigenvalue weighted by Crippen LogP contribution is -2.28. The maximum absolute atomic E-state index is 10.4. The number of hydrogen-bond donors (Lipinski definition) is 1. The average molecular weight is 266 g/mol. The van der Waals surface area contributed by atoms with Crippen molar-refractivity contribution in [2.45, 2.75) is 96.5 Å². The second-order valence-corrected chi connectivity index (χ2v) is 7.13. The van der Waals surface area contributed by atoms with Crippen molar-refractivity contribution in [2.75, 3.05) is 0 Å². The Morgan fingerprint density at radius 3 is 2.11 bits per heavy atom. The van der Waals surface area contributed by atoms with Gasteiger partial charge in [-0.1, -0.05) is 71.1 Å². The maximum atomic E-state index is 10.4. The van der Waals surface area contributed by atoms with Gasteiger partial charge in [0.05, 0.1) is 6.10 Å². The van der Waals surface area contributed by atoms with Crippen molar-refractivity contribution >= 4 is 0 Å². The van der Waals surface area contributed by atoms with Crippen LogP contribution in [0.5, 0.6) is 0 Å². The zero-order chi connectivity index (χ0) is 13.5. The largest absolute Gasteiger partial charge is 0.393 e. The Morgan fingerprint density at radius 1 is 0.842 bits per heavy atom. The van der Waals surface area contributed by atoms with Crippen LogP contribution in [0.1, 0.15) is 90.4 Å². The molecule has 2 aliphatic carbocycles. The molecule has 0 bridgehead atoms. The molecular formula is C18H34O. The summed E-state index contributed by atoms with van der Waals surface area (Å²) in [5, 5.41) is 10.4. The summed E-state index contributed by atoms with van der Waals surface area (Å²) in [6.45, 7) is 2.15. The summed E-state index contributed by atoms with van der Waals surface area (Å²) < 4.78 is 0. The van der Waals surface area contributed by atoms with Gasteiger partial charge in [0.25, 0.3) is 0 Å². The molecule has 3 unspecified atom stereocenters. The minimum atomic E-state index is -0.0334. The van der Waals surface area contributed by atoms with E-state index in [1.807, 2.05) is 0 Å². The van der Waals surface area contributed by atoms with Crippen LogP contribution in [0.25, 0.3) is 0 Å². The molecule has 1 N–H and O–H groups in total. The van der Waals surface area contributed by atoms with Crippen LogP contribution in [0.2, 0.25) is 0 Å². The van der Waals surface area contributed by atoms with Crippen molar-refractivity contribution in [3.63, 3.8) is 0 Å². The smallest absolute Gasteiger partial charge is 0.0568 e. The van der Waals surface area contributed by atoms with E-state index in [-0.39, 0.29) is 6.10 Å². The second kappa shape index (κ2) is 8.29. The Kier molecular flexibility index (Phi) is 6.70. The van der Waals surface area contributed by atoms with Gasteiger partial charge in [-0.05, 0) is 37.0 Å². The molecule has 2 fully saturated rings. The molecule has 0 aromatic carbocycles. The van der Waals surface area contributed by atoms with Gasteiger partial charge in [0.15, 0.2) is 0 Å². The first kappa shape index (κ1) is 15.4. The highest BCUT2D eigenvalue weighted by Crippen LogP contribution is 2.39. The SMILES string of the molecule is CCC(O)C1CCCCCC1CC1CCCCCC1. The molecule has 0 aliphatic heterocycles. The van der Waals surface area contributed by atoms with Gasteiger partial charge in [-0.25, -0.2) is 0 Å². The molecule has 0 spiro atoms. The molecule has 19 heavy (non-hydrogen) atoms. The van der Waals surface area contributed by atoms with Crippen LogP contribution in [-0.2, 0) is 0 Å². The summed E-state index contributed by atoms with van der Waals surface area (Å²) in [6, 6.07) is 0. The van der Waals surface area contributed by atoms with E-state index in [4.69, 9.17) is 0 Å². The lowest BCUT2D eigenvalue weighted by atomic mass is 9.76. The topological polar surface area (TPSA) is 20.2 Å². The maximum Gasteiger partial charge on any atom is 0.0568 e. The van der Waals surface area contributed by atoms with Gasteiger partial charge < -0.3 is 5.11 Å². The van der Waals surface area contributed by atoms with Crippen LogP contribution in [0.3, 0.4) is 0 Å². The molecule has 3 atom stereocenters. The lowest BCUT2D eigenvalue weighted by Gasteiger charge is -2.31. The van der Waals surface area contributed by atoms with E-state index >= 15 is 0 Å². The third kappa shape index (κ3) is 4.77. The predicted octanol–water partition coefficient (Wildman–Crippen LogP) is 5.31. The third-order valence-electron chi connectivity index (χ3n) is 5.74. The van der Waals surface area contributed by atoms with Crippen LogP contribution >= 0.6 is 0 Å². The standard InChI is InChI=1S/C18H34O/c1-2-18(19)17-13-9-5-8-12-16(17)14-15-10-6-3-4-7-11-15/h15-19H,2-14H2,1H3. The lowest BCUT2D eigenvalue weighted by molar-refractivity contribution is 0.0545. The summed E-state index contributed by atoms with van der Waals surface area (Å²) >= 11 is 0. The summed E-state index contributed by atoms with van der Waals surface area (Å²) in [7, 11) is 0. The first-order valence-corrected chi connectivity index (χ1v) is 8.99. The summed E-state index contributed by atoms with van der Waals surface area (Å²) in [5.41, 5.74) is 0. The Balaban J connectivity index is 1.92. The number of aliphatic hydroxyl groups excluding tert-OH is 1. The zero-order valence-electron chi connectivity index (χ0n) is 12.9. The Morgan fingerprint density at radius 2 is 1.42 bits per heavy atom. The normalized spacial score (nSPS) is 32.5. The van der Waals surface area contributed by atoms with Gasteiger partial charge in [0, 0.05) is 0 Å². The van der Waals surface area contributed by atoms with E-state index in [0.717, 1.165) is 18.3 Å². The highest BCUT2D eigenvalue weighted by atomic mass is 16.3. The Bertz CT molecular complexity index is 230. The van der Waals surface area contributed by atoms with Gasteiger partial charge in [-0.15, -0.1) is 0 Å². The van der Waals surface area contributed by atoms with Crippen LogP contribution in [-0.4, -0.2) is 11.2 Å². The Hall–Kier alpha value is -0.0400. The molecule has 1 nitrogen and oxygen atoms in total. The fourth-order valence-corrected chi connectivity index (χ4v) is 4.54. The monoisotopic (exact) mass is 266 g/mol. The van der Waals surface area contributed by atoms with Gasteiger partial charge in [-0.2, -0.15) is 0 Å². The fraction of sp³-hybridized carbons (Fsp3) is 1.00. The molecule has 0 radical (unpaired) electrons. The molecule has 0 heterocycles. The van der Waals surface area contributed by atoms with Crippen LogP contribution in [0.4, 0.5) is 0 Å². The summed E-state index contributed by atoms with van der Waals surface area (Å²) in [4.78, 5) is 0. The molecule has 112 valence electrons. The number of aliphatic hydroxyl groups is 1. The van der Waals surface area contributed by atoms with Crippen molar-refractivity contribution < 1.29 is 5.11 Å². The van der Waals surface area contributed by atoms with Crippen LogP contribution < -0.4 is 0 Å². The van der Waals surface area contributed by atoms with Crippen molar-refractivity contribution in [2.24, 2.45) is 17.8 Å². The van der Waals surface area contributed by atoms with Crippen molar-refractivity contribution in [1.29, 1.82) is 0 Å². The second-order valence-electron chi connectivity index (χ2n) is 7.13. The average Bonchev–Trinajstić information content (AvgIpc) is 2.81. The highest BCUT2D eigenvalue weighted by Gasteiger charge is 2.30. The van der Waals surface area contributed by atoms with Gasteiger partial charge in [0.2, 0.25) is 0 Å². The van der Waals surface area contributed by atoms with Gasteiger partial charge in [-0.3, -0.25) is 0 Å². The number of rotatable bonds is 4. The molecule has 2 aliphatic rings. The minimum absolute atomic E-state index is 0.0334. The van der Waals surface area contributed by atoms with Crippen molar-refractivity contribution in [3.05, 3.63) is 0 Å². The molecule has 2 saturated carbocycles. The predicted molar refractivity (Wildman–Crippen MR) is 82.2 cm³/mol. The molecule has 0 aromatic heterocycles. The molecule has 0 amide bonds. The molecule has 1 heteroatoms. The van der Waals surface area contributed by atoms with E-state index in [1.54, 1.807) is 0 Å². The van der Waals surface area contributed by atoms with E-state index < -0.39 is 0 Å². The van der Waals surface area contributed by atoms with Gasteiger partial charge in [0.1, 0.15) is 0 Å².